The molecule has 0 unspecified atom stereocenters. The predicted octanol–water partition coefficient (Wildman–Crippen LogP) is 3.48. The third kappa shape index (κ3) is 6.77. The summed E-state index contributed by atoms with van der Waals surface area (Å²) < 4.78 is 17.1. The van der Waals surface area contributed by atoms with Crippen LogP contribution >= 0.6 is 15.9 Å². The molecule has 8 heteroatoms. The van der Waals surface area contributed by atoms with Crippen molar-refractivity contribution in [3.05, 3.63) is 52.5 Å². The number of hydrogen-bond acceptors (Lipinski definition) is 5. The molecule has 0 aliphatic heterocycles. The van der Waals surface area contributed by atoms with Gasteiger partial charge in [-0.15, -0.1) is 0 Å². The Morgan fingerprint density at radius 1 is 1.00 bits per heavy atom. The van der Waals surface area contributed by atoms with Gasteiger partial charge in [-0.3, -0.25) is 20.4 Å². The molecule has 0 saturated heterocycles. The fourth-order valence-electron chi connectivity index (χ4n) is 2.30. The number of benzene rings is 2. The van der Waals surface area contributed by atoms with E-state index >= 15 is 0 Å². The molecule has 2 rings (SSSR count). The molecule has 150 valence electrons. The minimum Gasteiger partial charge on any atom is -0.494 e. The second-order valence-electron chi connectivity index (χ2n) is 5.71. The molecule has 0 fully saturated rings. The number of ether oxygens (including phenoxy) is 3. The maximum atomic E-state index is 12.2. The van der Waals surface area contributed by atoms with Gasteiger partial charge in [0.05, 0.1) is 20.3 Å². The summed E-state index contributed by atoms with van der Waals surface area (Å²) in [5.74, 6) is 0.995. The first-order chi connectivity index (χ1) is 13.5. The second kappa shape index (κ2) is 11.2. The Bertz CT molecular complexity index is 796. The molecule has 0 saturated carbocycles. The number of carbonyl (C=O) groups excluding carboxylic acids is 2. The highest BCUT2D eigenvalue weighted by atomic mass is 79.9. The van der Waals surface area contributed by atoms with Crippen LogP contribution < -0.4 is 25.1 Å². The minimum atomic E-state index is -0.444. The summed E-state index contributed by atoms with van der Waals surface area (Å²) in [5.41, 5.74) is 5.12. The summed E-state index contributed by atoms with van der Waals surface area (Å²) >= 11 is 3.35. The average molecular weight is 451 g/mol. The highest BCUT2D eigenvalue weighted by molar-refractivity contribution is 9.10. The van der Waals surface area contributed by atoms with Gasteiger partial charge in [-0.25, -0.2) is 0 Å². The molecule has 7 nitrogen and oxygen atoms in total. The number of halogens is 1. The first-order valence-corrected chi connectivity index (χ1v) is 9.61. The van der Waals surface area contributed by atoms with E-state index in [1.807, 2.05) is 31.2 Å². The first kappa shape index (κ1) is 21.6. The molecule has 0 heterocycles. The summed E-state index contributed by atoms with van der Waals surface area (Å²) in [7, 11) is 1.50. The molecule has 0 atom stereocenters. The van der Waals surface area contributed by atoms with Crippen molar-refractivity contribution in [3.63, 3.8) is 0 Å². The Hall–Kier alpha value is -2.74. The number of carbonyl (C=O) groups is 2. The van der Waals surface area contributed by atoms with Gasteiger partial charge in [-0.1, -0.05) is 15.9 Å². The summed E-state index contributed by atoms with van der Waals surface area (Å²) in [6.07, 6.45) is 0.748. The van der Waals surface area contributed by atoms with E-state index in [1.54, 1.807) is 18.2 Å². The number of hydrazine groups is 1. The topological polar surface area (TPSA) is 85.9 Å². The molecule has 0 spiro atoms. The zero-order valence-electron chi connectivity index (χ0n) is 15.8. The van der Waals surface area contributed by atoms with Crippen LogP contribution in [0.1, 0.15) is 30.1 Å². The van der Waals surface area contributed by atoms with Gasteiger partial charge < -0.3 is 14.2 Å². The van der Waals surface area contributed by atoms with Crippen LogP contribution in [0.4, 0.5) is 0 Å². The highest BCUT2D eigenvalue weighted by Gasteiger charge is 2.12. The van der Waals surface area contributed by atoms with E-state index < -0.39 is 5.91 Å². The van der Waals surface area contributed by atoms with E-state index in [2.05, 4.69) is 26.8 Å². The maximum Gasteiger partial charge on any atom is 0.269 e. The number of nitrogens with one attached hydrogen (secondary N) is 2. The van der Waals surface area contributed by atoms with Crippen molar-refractivity contribution in [2.24, 2.45) is 0 Å². The van der Waals surface area contributed by atoms with Crippen molar-refractivity contribution in [2.75, 3.05) is 20.3 Å². The molecule has 28 heavy (non-hydrogen) atoms. The Morgan fingerprint density at radius 2 is 1.75 bits per heavy atom. The fraction of sp³-hybridized carbons (Fsp3) is 0.300. The molecule has 0 radical (unpaired) electrons. The lowest BCUT2D eigenvalue weighted by atomic mass is 10.2. The highest BCUT2D eigenvalue weighted by Crippen LogP contribution is 2.27. The lowest BCUT2D eigenvalue weighted by molar-refractivity contribution is -0.122. The van der Waals surface area contributed by atoms with Crippen molar-refractivity contribution in [3.8, 4) is 17.2 Å². The standard InChI is InChI=1S/C20H23BrN2O5/c1-3-27-17-11-6-14(13-18(17)26-2)20(25)23-22-19(24)5-4-12-28-16-9-7-15(21)8-10-16/h6-11,13H,3-5,12H2,1-2H3,(H,22,24)(H,23,25). The van der Waals surface area contributed by atoms with Gasteiger partial charge in [-0.2, -0.15) is 0 Å². The van der Waals surface area contributed by atoms with Crippen LogP contribution in [0.25, 0.3) is 0 Å². The van der Waals surface area contributed by atoms with Crippen LogP contribution in [0.15, 0.2) is 46.9 Å². The number of amides is 2. The van der Waals surface area contributed by atoms with Crippen molar-refractivity contribution >= 4 is 27.7 Å². The normalized spacial score (nSPS) is 10.1. The number of hydrogen-bond donors (Lipinski definition) is 2. The van der Waals surface area contributed by atoms with Gasteiger partial charge in [0.2, 0.25) is 5.91 Å². The smallest absolute Gasteiger partial charge is 0.269 e. The van der Waals surface area contributed by atoms with Crippen LogP contribution in [-0.4, -0.2) is 32.1 Å². The van der Waals surface area contributed by atoms with E-state index in [-0.39, 0.29) is 12.3 Å². The number of methoxy groups -OCH3 is 1. The fourth-order valence-corrected chi connectivity index (χ4v) is 2.56. The third-order valence-corrected chi connectivity index (χ3v) is 4.20. The van der Waals surface area contributed by atoms with Gasteiger partial charge in [0.1, 0.15) is 5.75 Å². The Kier molecular flexibility index (Phi) is 8.61. The zero-order chi connectivity index (χ0) is 20.4. The quantitative estimate of drug-likeness (QED) is 0.451. The minimum absolute atomic E-state index is 0.226. The van der Waals surface area contributed by atoms with E-state index in [0.717, 1.165) is 10.2 Å². The third-order valence-electron chi connectivity index (χ3n) is 3.67. The first-order valence-electron chi connectivity index (χ1n) is 8.82. The largest absolute Gasteiger partial charge is 0.494 e. The van der Waals surface area contributed by atoms with Crippen molar-refractivity contribution < 1.29 is 23.8 Å². The summed E-state index contributed by atoms with van der Waals surface area (Å²) in [5, 5.41) is 0. The SMILES string of the molecule is CCOc1ccc(C(=O)NNC(=O)CCCOc2ccc(Br)cc2)cc1OC. The van der Waals surface area contributed by atoms with Gasteiger partial charge >= 0.3 is 0 Å². The zero-order valence-corrected chi connectivity index (χ0v) is 17.4. The van der Waals surface area contributed by atoms with Crippen molar-refractivity contribution in [2.45, 2.75) is 19.8 Å². The Balaban J connectivity index is 1.73. The molecule has 2 aromatic carbocycles. The molecule has 0 aliphatic rings. The molecular formula is C20H23BrN2O5. The van der Waals surface area contributed by atoms with Crippen molar-refractivity contribution in [1.82, 2.24) is 10.9 Å². The lowest BCUT2D eigenvalue weighted by Gasteiger charge is -2.12. The molecule has 0 aromatic heterocycles. The van der Waals surface area contributed by atoms with Gasteiger partial charge in [0.25, 0.3) is 5.91 Å². The monoisotopic (exact) mass is 450 g/mol. The van der Waals surface area contributed by atoms with Crippen molar-refractivity contribution in [1.29, 1.82) is 0 Å². The van der Waals surface area contributed by atoms with Crippen LogP contribution in [0, 0.1) is 0 Å². The Morgan fingerprint density at radius 3 is 2.43 bits per heavy atom. The number of rotatable bonds is 9. The average Bonchev–Trinajstić information content (AvgIpc) is 2.71. The van der Waals surface area contributed by atoms with E-state index in [1.165, 1.54) is 7.11 Å². The Labute approximate surface area is 172 Å². The van der Waals surface area contributed by atoms with E-state index in [9.17, 15) is 9.59 Å². The second-order valence-corrected chi connectivity index (χ2v) is 6.62. The summed E-state index contributed by atoms with van der Waals surface area (Å²) in [6.45, 7) is 2.75. The van der Waals surface area contributed by atoms with Crippen LogP contribution in [0.5, 0.6) is 17.2 Å². The lowest BCUT2D eigenvalue weighted by Crippen LogP contribution is -2.41. The van der Waals surface area contributed by atoms with Crippen LogP contribution in [-0.2, 0) is 4.79 Å². The van der Waals surface area contributed by atoms with Crippen LogP contribution in [0.3, 0.4) is 0 Å². The van der Waals surface area contributed by atoms with Gasteiger partial charge in [0, 0.05) is 16.5 Å². The summed E-state index contributed by atoms with van der Waals surface area (Å²) in [6, 6.07) is 12.3. The molecular weight excluding hydrogens is 428 g/mol. The van der Waals surface area contributed by atoms with Gasteiger partial charge in [-0.05, 0) is 55.8 Å². The van der Waals surface area contributed by atoms with E-state index in [0.29, 0.717) is 36.7 Å². The predicted molar refractivity (Wildman–Crippen MR) is 109 cm³/mol. The molecule has 2 amide bonds. The van der Waals surface area contributed by atoms with E-state index in [4.69, 9.17) is 14.2 Å². The van der Waals surface area contributed by atoms with Crippen LogP contribution in [0.2, 0.25) is 0 Å². The molecule has 2 aromatic rings. The maximum absolute atomic E-state index is 12.2. The van der Waals surface area contributed by atoms with Gasteiger partial charge in [0.15, 0.2) is 11.5 Å². The summed E-state index contributed by atoms with van der Waals surface area (Å²) in [4.78, 5) is 24.0. The molecule has 2 N–H and O–H groups in total. The molecule has 0 bridgehead atoms. The molecule has 0 aliphatic carbocycles.